The maximum absolute atomic E-state index is 12.6. The molecule has 0 spiro atoms. The Morgan fingerprint density at radius 2 is 2.12 bits per heavy atom. The first kappa shape index (κ1) is 17.5. The van der Waals surface area contributed by atoms with Gasteiger partial charge in [-0.15, -0.1) is 11.3 Å². The van der Waals surface area contributed by atoms with Crippen molar-refractivity contribution in [2.45, 2.75) is 25.8 Å². The first-order valence-corrected chi connectivity index (χ1v) is 9.12. The van der Waals surface area contributed by atoms with Gasteiger partial charge < -0.3 is 14.4 Å². The van der Waals surface area contributed by atoms with Crippen molar-refractivity contribution in [3.8, 4) is 11.5 Å². The summed E-state index contributed by atoms with van der Waals surface area (Å²) in [5.74, 6) is 0.842. The molecule has 0 aliphatic carbocycles. The number of nitrogens with zero attached hydrogens (tertiary/aromatic N) is 1. The van der Waals surface area contributed by atoms with Crippen LogP contribution in [0.25, 0.3) is 0 Å². The molecular formula is C19H21NO4S. The first-order valence-electron chi connectivity index (χ1n) is 8.25. The standard InChI is InChI=1S/C19H21NO4S/c1-13(21)14-7-8-16(17(11-14)23-2)24-12-19(22)20-9-3-5-15(20)18-6-4-10-25-18/h4,6-8,10-11,15H,3,5,9,12H2,1-2H3/t15-/m1/s1. The van der Waals surface area contributed by atoms with Crippen molar-refractivity contribution in [2.24, 2.45) is 0 Å². The van der Waals surface area contributed by atoms with E-state index in [1.54, 1.807) is 29.5 Å². The average Bonchev–Trinajstić information content (AvgIpc) is 3.29. The minimum atomic E-state index is -0.0446. The zero-order valence-corrected chi connectivity index (χ0v) is 15.2. The molecular weight excluding hydrogens is 338 g/mol. The zero-order valence-electron chi connectivity index (χ0n) is 14.4. The second-order valence-corrected chi connectivity index (χ2v) is 6.95. The fourth-order valence-corrected chi connectivity index (χ4v) is 3.94. The largest absolute Gasteiger partial charge is 0.493 e. The van der Waals surface area contributed by atoms with Gasteiger partial charge in [0, 0.05) is 17.0 Å². The normalized spacial score (nSPS) is 16.7. The Kier molecular flexibility index (Phi) is 5.38. The molecule has 2 aromatic rings. The van der Waals surface area contributed by atoms with E-state index in [-0.39, 0.29) is 24.3 Å². The second kappa shape index (κ2) is 7.70. The fraction of sp³-hybridized carbons (Fsp3) is 0.368. The topological polar surface area (TPSA) is 55.8 Å². The number of benzene rings is 1. The van der Waals surface area contributed by atoms with E-state index in [1.807, 2.05) is 16.3 Å². The minimum absolute atomic E-state index is 0.0337. The summed E-state index contributed by atoms with van der Waals surface area (Å²) in [7, 11) is 1.52. The molecule has 0 radical (unpaired) electrons. The molecule has 132 valence electrons. The van der Waals surface area contributed by atoms with Crippen LogP contribution < -0.4 is 9.47 Å². The highest BCUT2D eigenvalue weighted by molar-refractivity contribution is 7.10. The lowest BCUT2D eigenvalue weighted by atomic mass is 10.1. The number of hydrogen-bond acceptors (Lipinski definition) is 5. The summed E-state index contributed by atoms with van der Waals surface area (Å²) in [6.07, 6.45) is 1.99. The minimum Gasteiger partial charge on any atom is -0.493 e. The number of rotatable bonds is 6. The number of carbonyl (C=O) groups is 2. The highest BCUT2D eigenvalue weighted by Gasteiger charge is 2.30. The molecule has 0 saturated carbocycles. The van der Waals surface area contributed by atoms with Crippen molar-refractivity contribution < 1.29 is 19.1 Å². The predicted octanol–water partition coefficient (Wildman–Crippen LogP) is 3.70. The van der Waals surface area contributed by atoms with Gasteiger partial charge in [0.2, 0.25) is 0 Å². The van der Waals surface area contributed by atoms with Crippen molar-refractivity contribution in [3.05, 3.63) is 46.2 Å². The van der Waals surface area contributed by atoms with Crippen LogP contribution in [0.5, 0.6) is 11.5 Å². The number of hydrogen-bond donors (Lipinski definition) is 0. The van der Waals surface area contributed by atoms with Gasteiger partial charge in [0.05, 0.1) is 13.2 Å². The molecule has 3 rings (SSSR count). The van der Waals surface area contributed by atoms with Crippen LogP contribution in [0.1, 0.15) is 41.0 Å². The van der Waals surface area contributed by atoms with Crippen LogP contribution in [0.2, 0.25) is 0 Å². The molecule has 1 aliphatic rings. The molecule has 1 aliphatic heterocycles. The number of carbonyl (C=O) groups excluding carboxylic acids is 2. The van der Waals surface area contributed by atoms with Gasteiger partial charge in [-0.3, -0.25) is 9.59 Å². The summed E-state index contributed by atoms with van der Waals surface area (Å²) in [5.41, 5.74) is 0.549. The average molecular weight is 359 g/mol. The molecule has 0 bridgehead atoms. The third kappa shape index (κ3) is 3.85. The van der Waals surface area contributed by atoms with E-state index in [0.29, 0.717) is 17.1 Å². The maximum atomic E-state index is 12.6. The van der Waals surface area contributed by atoms with E-state index in [9.17, 15) is 9.59 Å². The Bertz CT molecular complexity index is 757. The summed E-state index contributed by atoms with van der Waals surface area (Å²) in [4.78, 5) is 27.2. The Labute approximate surface area is 151 Å². The second-order valence-electron chi connectivity index (χ2n) is 5.97. The molecule has 1 fully saturated rings. The number of likely N-dealkylation sites (tertiary alicyclic amines) is 1. The summed E-state index contributed by atoms with van der Waals surface area (Å²) < 4.78 is 11.0. The van der Waals surface area contributed by atoms with E-state index in [2.05, 4.69) is 6.07 Å². The maximum Gasteiger partial charge on any atom is 0.261 e. The lowest BCUT2D eigenvalue weighted by Crippen LogP contribution is -2.34. The smallest absolute Gasteiger partial charge is 0.261 e. The zero-order chi connectivity index (χ0) is 17.8. The Hall–Kier alpha value is -2.34. The van der Waals surface area contributed by atoms with Crippen molar-refractivity contribution in [1.29, 1.82) is 0 Å². The molecule has 5 nitrogen and oxygen atoms in total. The molecule has 6 heteroatoms. The van der Waals surface area contributed by atoms with Gasteiger partial charge in [0.15, 0.2) is 23.9 Å². The number of Topliss-reactive ketones (excluding diaryl/α,β-unsaturated/α-hetero) is 1. The van der Waals surface area contributed by atoms with Gasteiger partial charge in [0.25, 0.3) is 5.91 Å². The highest BCUT2D eigenvalue weighted by atomic mass is 32.1. The number of methoxy groups -OCH3 is 1. The molecule has 2 heterocycles. The predicted molar refractivity (Wildman–Crippen MR) is 96.5 cm³/mol. The SMILES string of the molecule is COc1cc(C(C)=O)ccc1OCC(=O)N1CCC[C@@H]1c1cccs1. The third-order valence-corrected chi connectivity index (χ3v) is 5.34. The van der Waals surface area contributed by atoms with Gasteiger partial charge in [-0.25, -0.2) is 0 Å². The Morgan fingerprint density at radius 3 is 2.80 bits per heavy atom. The van der Waals surface area contributed by atoms with Crippen LogP contribution in [-0.4, -0.2) is 36.9 Å². The van der Waals surface area contributed by atoms with Crippen molar-refractivity contribution in [2.75, 3.05) is 20.3 Å². The molecule has 1 amide bonds. The van der Waals surface area contributed by atoms with Crippen molar-refractivity contribution >= 4 is 23.0 Å². The van der Waals surface area contributed by atoms with Crippen LogP contribution in [-0.2, 0) is 4.79 Å². The summed E-state index contributed by atoms with van der Waals surface area (Å²) in [6.45, 7) is 2.21. The number of thiophene rings is 1. The Morgan fingerprint density at radius 1 is 1.28 bits per heavy atom. The van der Waals surface area contributed by atoms with Crippen molar-refractivity contribution in [3.63, 3.8) is 0 Å². The summed E-state index contributed by atoms with van der Waals surface area (Å²) in [5, 5.41) is 2.04. The van der Waals surface area contributed by atoms with Crippen molar-refractivity contribution in [1.82, 2.24) is 4.90 Å². The van der Waals surface area contributed by atoms with Gasteiger partial charge >= 0.3 is 0 Å². The lowest BCUT2D eigenvalue weighted by molar-refractivity contribution is -0.134. The molecule has 1 aromatic carbocycles. The van der Waals surface area contributed by atoms with Crippen LogP contribution in [0.4, 0.5) is 0 Å². The fourth-order valence-electron chi connectivity index (χ4n) is 3.07. The van der Waals surface area contributed by atoms with E-state index >= 15 is 0 Å². The third-order valence-electron chi connectivity index (χ3n) is 4.37. The van der Waals surface area contributed by atoms with Gasteiger partial charge in [-0.05, 0) is 49.4 Å². The molecule has 0 N–H and O–H groups in total. The van der Waals surface area contributed by atoms with E-state index in [4.69, 9.17) is 9.47 Å². The quantitative estimate of drug-likeness (QED) is 0.738. The number of ketones is 1. The van der Waals surface area contributed by atoms with Crippen LogP contribution in [0.3, 0.4) is 0 Å². The van der Waals surface area contributed by atoms with Gasteiger partial charge in [-0.2, -0.15) is 0 Å². The number of ether oxygens (including phenoxy) is 2. The number of amides is 1. The Balaban J connectivity index is 1.67. The molecule has 1 saturated heterocycles. The van der Waals surface area contributed by atoms with Crippen LogP contribution in [0.15, 0.2) is 35.7 Å². The van der Waals surface area contributed by atoms with Gasteiger partial charge in [0.1, 0.15) is 0 Å². The molecule has 25 heavy (non-hydrogen) atoms. The monoisotopic (exact) mass is 359 g/mol. The summed E-state index contributed by atoms with van der Waals surface area (Å²) >= 11 is 1.68. The van der Waals surface area contributed by atoms with E-state index in [0.717, 1.165) is 19.4 Å². The van der Waals surface area contributed by atoms with E-state index in [1.165, 1.54) is 18.9 Å². The molecule has 1 aromatic heterocycles. The van der Waals surface area contributed by atoms with Gasteiger partial charge in [-0.1, -0.05) is 6.07 Å². The van der Waals surface area contributed by atoms with Crippen LogP contribution in [0, 0.1) is 0 Å². The van der Waals surface area contributed by atoms with E-state index < -0.39 is 0 Å². The molecule has 1 atom stereocenters. The lowest BCUT2D eigenvalue weighted by Gasteiger charge is -2.24. The summed E-state index contributed by atoms with van der Waals surface area (Å²) in [6, 6.07) is 9.22. The first-order chi connectivity index (χ1) is 12.1. The van der Waals surface area contributed by atoms with Crippen LogP contribution >= 0.6 is 11.3 Å². The molecule has 0 unspecified atom stereocenters. The highest BCUT2D eigenvalue weighted by Crippen LogP contribution is 2.35.